The summed E-state index contributed by atoms with van der Waals surface area (Å²) in [6, 6.07) is 0. The zero-order chi connectivity index (χ0) is 10.1. The predicted octanol–water partition coefficient (Wildman–Crippen LogP) is 5.25. The maximum absolute atomic E-state index is 2.39. The molecule has 0 unspecified atom stereocenters. The Morgan fingerprint density at radius 1 is 1.25 bits per heavy atom. The number of allylic oxidation sites excluding steroid dienone is 4. The van der Waals surface area contributed by atoms with Crippen molar-refractivity contribution < 1.29 is 24.7 Å². The molecular formula is C11H21Br3PZr. The standard InChI is InChI=1S/C11H18P.3BrH.Zr/c1-11(2,9-12(3)4)10-7-5-6-8-10;;;;/h5,7H,6,9H2,1-4H3;3*1H;. The van der Waals surface area contributed by atoms with E-state index in [0.717, 1.165) is 0 Å². The number of hydrogen-bond acceptors (Lipinski definition) is 0. The van der Waals surface area contributed by atoms with Gasteiger partial charge >= 0.3 is 98.8 Å². The van der Waals surface area contributed by atoms with Crippen LogP contribution in [0.25, 0.3) is 0 Å². The third kappa shape index (κ3) is 6.98. The summed E-state index contributed by atoms with van der Waals surface area (Å²) in [6.07, 6.45) is 7.24. The van der Waals surface area contributed by atoms with E-state index >= 15 is 0 Å². The zero-order valence-corrected chi connectivity index (χ0v) is 18.7. The Morgan fingerprint density at radius 3 is 2.06 bits per heavy atom. The van der Waals surface area contributed by atoms with E-state index in [0.29, 0.717) is 5.41 Å². The van der Waals surface area contributed by atoms with Crippen molar-refractivity contribution in [1.82, 2.24) is 0 Å². The van der Waals surface area contributed by atoms with Gasteiger partial charge in [-0.05, 0) is 0 Å². The zero-order valence-electron chi connectivity index (χ0n) is 10.2. The van der Waals surface area contributed by atoms with Crippen LogP contribution in [0, 0.1) is 5.41 Å². The summed E-state index contributed by atoms with van der Waals surface area (Å²) < 4.78 is 1.66. The van der Waals surface area contributed by atoms with Crippen LogP contribution in [-0.2, 0) is 24.7 Å². The van der Waals surface area contributed by atoms with Crippen molar-refractivity contribution in [1.29, 1.82) is 0 Å². The normalized spacial score (nSPS) is 14.2. The minimum atomic E-state index is 0. The average molecular weight is 515 g/mol. The summed E-state index contributed by atoms with van der Waals surface area (Å²) >= 11 is 1.60. The van der Waals surface area contributed by atoms with Crippen LogP contribution in [0.15, 0.2) is 21.0 Å². The molecule has 16 heavy (non-hydrogen) atoms. The van der Waals surface area contributed by atoms with Crippen molar-refractivity contribution in [2.24, 2.45) is 5.41 Å². The van der Waals surface area contributed by atoms with Crippen LogP contribution in [0.3, 0.4) is 0 Å². The molecular weight excluding hydrogens is 494 g/mol. The number of hydrogen-bond donors (Lipinski definition) is 0. The van der Waals surface area contributed by atoms with Gasteiger partial charge in [-0.1, -0.05) is 0 Å². The van der Waals surface area contributed by atoms with Crippen molar-refractivity contribution in [3.63, 3.8) is 0 Å². The first-order chi connectivity index (χ1) is 5.93. The monoisotopic (exact) mass is 511 g/mol. The number of rotatable bonds is 3. The van der Waals surface area contributed by atoms with E-state index in [9.17, 15) is 0 Å². The van der Waals surface area contributed by atoms with Crippen molar-refractivity contribution >= 4 is 58.9 Å². The summed E-state index contributed by atoms with van der Waals surface area (Å²) in [6.45, 7) is 9.53. The molecule has 95 valence electrons. The molecule has 0 amide bonds. The second-order valence-electron chi connectivity index (χ2n) is 4.62. The van der Waals surface area contributed by atoms with Crippen LogP contribution in [-0.4, -0.2) is 19.5 Å². The molecule has 1 aliphatic carbocycles. The van der Waals surface area contributed by atoms with Gasteiger partial charge in [0.15, 0.2) is 0 Å². The van der Waals surface area contributed by atoms with Gasteiger partial charge in [0.2, 0.25) is 0 Å². The Hall–Kier alpha value is 2.23. The SMILES string of the molecule is Br.Br.Br.CP(C)CC(C)(C)C1=[C]([Zr])CC=C1. The quantitative estimate of drug-likeness (QED) is 0.451. The molecule has 0 nitrogen and oxygen atoms in total. The first-order valence-electron chi connectivity index (χ1n) is 4.70. The van der Waals surface area contributed by atoms with Gasteiger partial charge in [-0.3, -0.25) is 0 Å². The molecule has 0 spiro atoms. The topological polar surface area (TPSA) is 0 Å². The molecule has 5 heteroatoms. The van der Waals surface area contributed by atoms with Crippen molar-refractivity contribution in [3.8, 4) is 0 Å². The fraction of sp³-hybridized carbons (Fsp3) is 0.636. The molecule has 0 aliphatic heterocycles. The van der Waals surface area contributed by atoms with Crippen LogP contribution in [0.1, 0.15) is 20.3 Å². The third-order valence-electron chi connectivity index (χ3n) is 2.37. The fourth-order valence-corrected chi connectivity index (χ4v) is 5.09. The van der Waals surface area contributed by atoms with Crippen molar-refractivity contribution in [2.75, 3.05) is 19.5 Å². The summed E-state index contributed by atoms with van der Waals surface area (Å²) in [5.41, 5.74) is 2.04. The molecule has 0 heterocycles. The molecule has 0 saturated heterocycles. The molecule has 0 fully saturated rings. The average Bonchev–Trinajstić information content (AvgIpc) is 2.32. The molecule has 0 saturated carbocycles. The van der Waals surface area contributed by atoms with E-state index in [-0.39, 0.29) is 58.9 Å². The van der Waals surface area contributed by atoms with Crippen LogP contribution >= 0.6 is 58.9 Å². The second-order valence-corrected chi connectivity index (χ2v) is 8.58. The maximum atomic E-state index is 2.39. The molecule has 0 N–H and O–H groups in total. The third-order valence-corrected chi connectivity index (χ3v) is 4.96. The Balaban J connectivity index is -0.000000563. The van der Waals surface area contributed by atoms with Crippen LogP contribution in [0.2, 0.25) is 0 Å². The Bertz CT molecular complexity index is 260. The van der Waals surface area contributed by atoms with E-state index < -0.39 is 0 Å². The summed E-state index contributed by atoms with van der Waals surface area (Å²) in [4.78, 5) is 0. The van der Waals surface area contributed by atoms with E-state index in [1.165, 1.54) is 12.6 Å². The molecule has 0 aromatic carbocycles. The van der Waals surface area contributed by atoms with Gasteiger partial charge in [0.1, 0.15) is 0 Å². The van der Waals surface area contributed by atoms with Gasteiger partial charge in [-0.2, -0.15) is 0 Å². The number of halogens is 3. The summed E-state index contributed by atoms with van der Waals surface area (Å²) in [7, 11) is 0.218. The van der Waals surface area contributed by atoms with Crippen molar-refractivity contribution in [3.05, 3.63) is 21.0 Å². The molecule has 0 bridgehead atoms. The summed E-state index contributed by atoms with van der Waals surface area (Å²) in [5.74, 6) is 0. The molecule has 1 aliphatic rings. The second kappa shape index (κ2) is 10.1. The predicted molar refractivity (Wildman–Crippen MR) is 89.2 cm³/mol. The van der Waals surface area contributed by atoms with E-state index in [1.54, 1.807) is 33.6 Å². The first kappa shape index (κ1) is 23.3. The fourth-order valence-electron chi connectivity index (χ4n) is 2.01. The van der Waals surface area contributed by atoms with E-state index in [1.807, 2.05) is 0 Å². The van der Waals surface area contributed by atoms with Gasteiger partial charge in [-0.15, -0.1) is 50.9 Å². The summed E-state index contributed by atoms with van der Waals surface area (Å²) in [5, 5.41) is 0. The van der Waals surface area contributed by atoms with Gasteiger partial charge in [0.25, 0.3) is 0 Å². The van der Waals surface area contributed by atoms with Crippen molar-refractivity contribution in [2.45, 2.75) is 20.3 Å². The Labute approximate surface area is 148 Å². The van der Waals surface area contributed by atoms with E-state index in [2.05, 4.69) is 39.3 Å². The van der Waals surface area contributed by atoms with Gasteiger partial charge in [0, 0.05) is 0 Å². The van der Waals surface area contributed by atoms with Gasteiger partial charge < -0.3 is 0 Å². The van der Waals surface area contributed by atoms with Crippen LogP contribution < -0.4 is 0 Å². The molecule has 0 atom stereocenters. The minimum absolute atomic E-state index is 0. The molecule has 0 aromatic rings. The van der Waals surface area contributed by atoms with Crippen LogP contribution in [0.4, 0.5) is 0 Å². The van der Waals surface area contributed by atoms with Gasteiger partial charge in [-0.25, -0.2) is 0 Å². The molecule has 0 radical (unpaired) electrons. The van der Waals surface area contributed by atoms with E-state index in [4.69, 9.17) is 0 Å². The Kier molecular flexibility index (Phi) is 14.7. The Morgan fingerprint density at radius 2 is 1.75 bits per heavy atom. The first-order valence-corrected chi connectivity index (χ1v) is 8.35. The van der Waals surface area contributed by atoms with Crippen LogP contribution in [0.5, 0.6) is 0 Å². The molecule has 0 aromatic heterocycles. The molecule has 1 rings (SSSR count). The van der Waals surface area contributed by atoms with Gasteiger partial charge in [0.05, 0.1) is 0 Å².